The third-order valence-electron chi connectivity index (χ3n) is 3.41. The first-order valence-electron chi connectivity index (χ1n) is 7.60. The van der Waals surface area contributed by atoms with E-state index in [-0.39, 0.29) is 5.91 Å². The van der Waals surface area contributed by atoms with Gasteiger partial charge in [-0.1, -0.05) is 56.3 Å². The number of nitrogens with two attached hydrogens (primary N) is 1. The predicted octanol–water partition coefficient (Wildman–Crippen LogP) is 2.87. The first kappa shape index (κ1) is 17.5. The molecule has 0 saturated heterocycles. The van der Waals surface area contributed by atoms with Gasteiger partial charge in [0.05, 0.1) is 6.04 Å². The quantitative estimate of drug-likeness (QED) is 0.799. The second kappa shape index (κ2) is 8.15. The summed E-state index contributed by atoms with van der Waals surface area (Å²) in [6, 6.07) is 16.5. The van der Waals surface area contributed by atoms with Crippen molar-refractivity contribution in [3.63, 3.8) is 0 Å². The maximum absolute atomic E-state index is 12.4. The van der Waals surface area contributed by atoms with Gasteiger partial charge in [0.2, 0.25) is 0 Å². The Hall–Kier alpha value is -1.82. The molecule has 0 radical (unpaired) electrons. The van der Waals surface area contributed by atoms with Crippen molar-refractivity contribution in [1.82, 2.24) is 4.72 Å². The van der Waals surface area contributed by atoms with Gasteiger partial charge in [0.25, 0.3) is 5.91 Å². The number of benzene rings is 2. The van der Waals surface area contributed by atoms with Crippen LogP contribution in [0.5, 0.6) is 0 Å². The van der Waals surface area contributed by atoms with Gasteiger partial charge in [0.15, 0.2) is 4.90 Å². The standard InChI is InChI=1S/C18H22N2O2S/c1-13(2)11-17(19)18(21)20-23(22)16-10-6-9-15(12-16)14-7-4-3-5-8-14/h3-10,12-13,17H,11,19H2,1-2H3,(H,20,21). The topological polar surface area (TPSA) is 78.2 Å². The Balaban J connectivity index is 2.08. The Kier molecular flexibility index (Phi) is 6.21. The molecule has 23 heavy (non-hydrogen) atoms. The summed E-state index contributed by atoms with van der Waals surface area (Å²) in [6.07, 6.45) is 0.563. The molecular weight excluding hydrogens is 308 g/mol. The normalized spacial score (nSPS) is 13.6. The molecule has 0 aliphatic heterocycles. The van der Waals surface area contributed by atoms with Crippen LogP contribution in [0.4, 0.5) is 0 Å². The Morgan fingerprint density at radius 2 is 1.78 bits per heavy atom. The van der Waals surface area contributed by atoms with Crippen molar-refractivity contribution in [2.24, 2.45) is 11.7 Å². The molecule has 0 fully saturated rings. The largest absolute Gasteiger partial charge is 0.588 e. The number of hydrogen-bond acceptors (Lipinski definition) is 3. The Labute approximate surface area is 140 Å². The smallest absolute Gasteiger partial charge is 0.278 e. The summed E-state index contributed by atoms with van der Waals surface area (Å²) < 4.78 is 14.8. The molecule has 2 aromatic rings. The zero-order valence-corrected chi connectivity index (χ0v) is 14.2. The van der Waals surface area contributed by atoms with Crippen LogP contribution >= 0.6 is 0 Å². The molecule has 2 atom stereocenters. The number of nitrogens with one attached hydrogen (secondary N) is 1. The molecule has 0 saturated carbocycles. The average Bonchev–Trinajstić information content (AvgIpc) is 2.55. The van der Waals surface area contributed by atoms with Crippen LogP contribution in [0.1, 0.15) is 20.3 Å². The van der Waals surface area contributed by atoms with Gasteiger partial charge < -0.3 is 10.3 Å². The van der Waals surface area contributed by atoms with Gasteiger partial charge in [-0.05, 0) is 29.5 Å². The lowest BCUT2D eigenvalue weighted by atomic mass is 10.0. The summed E-state index contributed by atoms with van der Waals surface area (Å²) in [5, 5.41) is 0. The summed E-state index contributed by atoms with van der Waals surface area (Å²) in [4.78, 5) is 12.5. The number of hydrogen-bond donors (Lipinski definition) is 2. The molecule has 2 aromatic carbocycles. The first-order chi connectivity index (χ1) is 11.0. The molecule has 4 nitrogen and oxygen atoms in total. The third-order valence-corrected chi connectivity index (χ3v) is 4.48. The van der Waals surface area contributed by atoms with E-state index in [1.807, 2.05) is 62.4 Å². The lowest BCUT2D eigenvalue weighted by molar-refractivity contribution is -0.120. The molecule has 1 amide bonds. The van der Waals surface area contributed by atoms with Crippen LogP contribution in [0.25, 0.3) is 11.1 Å². The fourth-order valence-electron chi connectivity index (χ4n) is 2.26. The van der Waals surface area contributed by atoms with E-state index in [1.54, 1.807) is 6.07 Å². The van der Waals surface area contributed by atoms with Crippen molar-refractivity contribution in [2.75, 3.05) is 0 Å². The molecule has 5 heteroatoms. The Morgan fingerprint density at radius 3 is 2.43 bits per heavy atom. The fourth-order valence-corrected chi connectivity index (χ4v) is 3.15. The summed E-state index contributed by atoms with van der Waals surface area (Å²) >= 11 is -1.61. The van der Waals surface area contributed by atoms with Crippen molar-refractivity contribution in [3.05, 3.63) is 54.6 Å². The van der Waals surface area contributed by atoms with Crippen molar-refractivity contribution in [2.45, 2.75) is 31.2 Å². The molecule has 0 aromatic heterocycles. The zero-order chi connectivity index (χ0) is 16.8. The van der Waals surface area contributed by atoms with E-state index in [9.17, 15) is 9.35 Å². The van der Waals surface area contributed by atoms with Crippen LogP contribution in [0.15, 0.2) is 59.5 Å². The van der Waals surface area contributed by atoms with Crippen molar-refractivity contribution in [1.29, 1.82) is 0 Å². The molecule has 0 aliphatic rings. The molecule has 3 N–H and O–H groups in total. The number of carbonyl (C=O) groups is 1. The molecule has 0 heterocycles. The van der Waals surface area contributed by atoms with Gasteiger partial charge in [0.1, 0.15) is 11.4 Å². The lowest BCUT2D eigenvalue weighted by Gasteiger charge is -2.16. The average molecular weight is 330 g/mol. The number of carbonyl (C=O) groups excluding carboxylic acids is 1. The highest BCUT2D eigenvalue weighted by Gasteiger charge is 2.22. The highest BCUT2D eigenvalue weighted by molar-refractivity contribution is 7.90. The second-order valence-electron chi connectivity index (χ2n) is 5.86. The summed E-state index contributed by atoms with van der Waals surface area (Å²) in [6.45, 7) is 3.99. The van der Waals surface area contributed by atoms with E-state index in [1.165, 1.54) is 0 Å². The van der Waals surface area contributed by atoms with Crippen LogP contribution in [0, 0.1) is 5.92 Å². The number of rotatable bonds is 6. The molecule has 2 unspecified atom stereocenters. The van der Waals surface area contributed by atoms with Gasteiger partial charge in [-0.25, -0.2) is 0 Å². The van der Waals surface area contributed by atoms with E-state index < -0.39 is 17.4 Å². The summed E-state index contributed by atoms with van der Waals surface area (Å²) in [7, 11) is 0. The molecule has 0 spiro atoms. The SMILES string of the molecule is CC(C)CC(N)C(=O)N[S+]([O-])c1cccc(-c2ccccc2)c1. The van der Waals surface area contributed by atoms with Gasteiger partial charge in [-0.15, -0.1) is 0 Å². The van der Waals surface area contributed by atoms with E-state index >= 15 is 0 Å². The zero-order valence-electron chi connectivity index (χ0n) is 13.4. The minimum absolute atomic E-state index is 0.311. The monoisotopic (exact) mass is 330 g/mol. The fraction of sp³-hybridized carbons (Fsp3) is 0.278. The minimum Gasteiger partial charge on any atom is -0.588 e. The first-order valence-corrected chi connectivity index (χ1v) is 8.75. The second-order valence-corrected chi connectivity index (χ2v) is 7.08. The molecule has 0 aliphatic carbocycles. The maximum Gasteiger partial charge on any atom is 0.278 e. The van der Waals surface area contributed by atoms with Gasteiger partial charge in [-0.2, -0.15) is 4.72 Å². The van der Waals surface area contributed by atoms with Crippen molar-refractivity contribution < 1.29 is 9.35 Å². The van der Waals surface area contributed by atoms with Crippen LogP contribution in [0.2, 0.25) is 0 Å². The predicted molar refractivity (Wildman–Crippen MR) is 93.9 cm³/mol. The lowest BCUT2D eigenvalue weighted by Crippen LogP contribution is -2.43. The highest BCUT2D eigenvalue weighted by Crippen LogP contribution is 2.22. The summed E-state index contributed by atoms with van der Waals surface area (Å²) in [5.41, 5.74) is 7.81. The summed E-state index contributed by atoms with van der Waals surface area (Å²) in [5.74, 6) is -0.0762. The van der Waals surface area contributed by atoms with Crippen molar-refractivity contribution >= 4 is 17.3 Å². The van der Waals surface area contributed by atoms with Crippen LogP contribution in [0.3, 0.4) is 0 Å². The third kappa shape index (κ3) is 5.10. The highest BCUT2D eigenvalue weighted by atomic mass is 32.2. The Bertz CT molecular complexity index is 646. The molecule has 122 valence electrons. The van der Waals surface area contributed by atoms with E-state index in [2.05, 4.69) is 4.72 Å². The van der Waals surface area contributed by atoms with E-state index in [0.717, 1.165) is 11.1 Å². The van der Waals surface area contributed by atoms with Gasteiger partial charge in [0, 0.05) is 6.07 Å². The minimum atomic E-state index is -1.61. The number of amides is 1. The molecule has 0 bridgehead atoms. The van der Waals surface area contributed by atoms with Crippen LogP contribution < -0.4 is 10.5 Å². The van der Waals surface area contributed by atoms with Gasteiger partial charge in [-0.3, -0.25) is 4.79 Å². The van der Waals surface area contributed by atoms with Gasteiger partial charge >= 0.3 is 0 Å². The van der Waals surface area contributed by atoms with Crippen LogP contribution in [-0.4, -0.2) is 16.5 Å². The maximum atomic E-state index is 12.4. The Morgan fingerprint density at radius 1 is 1.13 bits per heavy atom. The molecular formula is C18H22N2O2S. The molecule has 2 rings (SSSR count). The van der Waals surface area contributed by atoms with E-state index in [4.69, 9.17) is 5.73 Å². The van der Waals surface area contributed by atoms with E-state index in [0.29, 0.717) is 17.2 Å². The van der Waals surface area contributed by atoms with Crippen LogP contribution in [-0.2, 0) is 16.2 Å². The van der Waals surface area contributed by atoms with Crippen molar-refractivity contribution in [3.8, 4) is 11.1 Å².